The fraction of sp³-hybridized carbons (Fsp3) is 0.310. The highest BCUT2D eigenvalue weighted by atomic mass is 16.5. The quantitative estimate of drug-likeness (QED) is 0.408. The number of para-hydroxylation sites is 2. The molecular weight excluding hydrogens is 436 g/mol. The third-order valence-electron chi connectivity index (χ3n) is 6.86. The third-order valence-corrected chi connectivity index (χ3v) is 6.86. The molecule has 2 N–H and O–H groups in total. The number of carbonyl (C=O) groups is 1. The van der Waals surface area contributed by atoms with Crippen LogP contribution in [-0.2, 0) is 22.5 Å². The van der Waals surface area contributed by atoms with Crippen molar-refractivity contribution in [3.8, 4) is 0 Å². The van der Waals surface area contributed by atoms with Crippen molar-refractivity contribution in [2.45, 2.75) is 32.9 Å². The first-order chi connectivity index (χ1) is 17.0. The van der Waals surface area contributed by atoms with Gasteiger partial charge in [-0.2, -0.15) is 0 Å². The number of amides is 1. The van der Waals surface area contributed by atoms with Gasteiger partial charge in [0.05, 0.1) is 42.8 Å². The summed E-state index contributed by atoms with van der Waals surface area (Å²) in [6, 6.07) is 25.1. The van der Waals surface area contributed by atoms with E-state index in [0.717, 1.165) is 23.0 Å². The van der Waals surface area contributed by atoms with Crippen molar-refractivity contribution in [2.75, 3.05) is 19.8 Å². The molecule has 1 aliphatic heterocycles. The molecule has 1 fully saturated rings. The van der Waals surface area contributed by atoms with Crippen LogP contribution in [0.3, 0.4) is 0 Å². The molecule has 180 valence electrons. The number of hydrogen-bond donors (Lipinski definition) is 2. The Morgan fingerprint density at radius 1 is 0.943 bits per heavy atom. The first kappa shape index (κ1) is 23.1. The maximum atomic E-state index is 12.6. The molecule has 0 spiro atoms. The largest absolute Gasteiger partial charge is 0.380 e. The van der Waals surface area contributed by atoms with E-state index >= 15 is 0 Å². The molecule has 0 bridgehead atoms. The van der Waals surface area contributed by atoms with E-state index < -0.39 is 0 Å². The second-order valence-electron chi connectivity index (χ2n) is 9.58. The zero-order chi connectivity index (χ0) is 24.4. The number of nitrogens with one attached hydrogen (secondary N) is 2. The van der Waals surface area contributed by atoms with E-state index in [0.29, 0.717) is 31.9 Å². The standard InChI is InChI=1S/C29H32N4O2/c1-20-7-11-22(12-8-20)15-25(16-31-28(34)24-18-35-19-24)33-27-6-4-3-5-26(27)32(29(33)30)17-23-13-9-21(2)10-14-23/h3-14,24-25,30H,15-19H2,1-2H3,(H,31,34)/t25-/m0/s1. The SMILES string of the molecule is Cc1ccc(C[C@@H](CNC(=O)C2COC2)n2c(=N)n(Cc3ccc(C)cc3)c3ccccc32)cc1. The Morgan fingerprint density at radius 3 is 2.14 bits per heavy atom. The predicted octanol–water partition coefficient (Wildman–Crippen LogP) is 4.13. The van der Waals surface area contributed by atoms with E-state index in [4.69, 9.17) is 4.74 Å². The zero-order valence-electron chi connectivity index (χ0n) is 20.3. The van der Waals surface area contributed by atoms with E-state index in [9.17, 15) is 10.2 Å². The molecule has 5 rings (SSSR count). The van der Waals surface area contributed by atoms with Crippen molar-refractivity contribution in [2.24, 2.45) is 5.92 Å². The fourth-order valence-electron chi connectivity index (χ4n) is 4.66. The highest BCUT2D eigenvalue weighted by molar-refractivity contribution is 5.79. The number of hydrogen-bond acceptors (Lipinski definition) is 3. The molecule has 0 aliphatic carbocycles. The van der Waals surface area contributed by atoms with Crippen LogP contribution >= 0.6 is 0 Å². The fourth-order valence-corrected chi connectivity index (χ4v) is 4.66. The molecular formula is C29H32N4O2. The lowest BCUT2D eigenvalue weighted by Crippen LogP contribution is -2.45. The lowest BCUT2D eigenvalue weighted by molar-refractivity contribution is -0.139. The van der Waals surface area contributed by atoms with Gasteiger partial charge in [0.2, 0.25) is 11.5 Å². The zero-order valence-corrected chi connectivity index (χ0v) is 20.3. The van der Waals surface area contributed by atoms with Gasteiger partial charge in [0.15, 0.2) is 0 Å². The molecule has 0 unspecified atom stereocenters. The summed E-state index contributed by atoms with van der Waals surface area (Å²) in [6.45, 7) is 6.21. The van der Waals surface area contributed by atoms with Crippen LogP contribution in [0.5, 0.6) is 0 Å². The molecule has 6 nitrogen and oxygen atoms in total. The number of nitrogens with zero attached hydrogens (tertiary/aromatic N) is 2. The Kier molecular flexibility index (Phi) is 6.55. The minimum atomic E-state index is -0.0979. The van der Waals surface area contributed by atoms with Gasteiger partial charge >= 0.3 is 0 Å². The van der Waals surface area contributed by atoms with E-state index in [-0.39, 0.29) is 17.9 Å². The first-order valence-corrected chi connectivity index (χ1v) is 12.2. The van der Waals surface area contributed by atoms with Crippen LogP contribution in [0, 0.1) is 25.2 Å². The van der Waals surface area contributed by atoms with Crippen LogP contribution < -0.4 is 10.9 Å². The number of imidazole rings is 1. The molecule has 35 heavy (non-hydrogen) atoms. The minimum Gasteiger partial charge on any atom is -0.380 e. The Bertz CT molecular complexity index is 1380. The molecule has 1 saturated heterocycles. The van der Waals surface area contributed by atoms with Crippen molar-refractivity contribution in [1.82, 2.24) is 14.5 Å². The maximum absolute atomic E-state index is 12.6. The van der Waals surface area contributed by atoms with Crippen molar-refractivity contribution in [1.29, 1.82) is 5.41 Å². The van der Waals surface area contributed by atoms with E-state index in [1.54, 1.807) is 0 Å². The number of fused-ring (bicyclic) bond motifs is 1. The monoisotopic (exact) mass is 468 g/mol. The van der Waals surface area contributed by atoms with Gasteiger partial charge in [0.1, 0.15) is 0 Å². The summed E-state index contributed by atoms with van der Waals surface area (Å²) < 4.78 is 9.34. The Hall–Kier alpha value is -3.64. The number of rotatable bonds is 8. The van der Waals surface area contributed by atoms with Gasteiger partial charge in [-0.1, -0.05) is 71.8 Å². The second-order valence-corrected chi connectivity index (χ2v) is 9.58. The Labute approximate surface area is 205 Å². The average Bonchev–Trinajstić information content (AvgIpc) is 3.09. The van der Waals surface area contributed by atoms with Crippen molar-refractivity contribution < 1.29 is 9.53 Å². The summed E-state index contributed by atoms with van der Waals surface area (Å²) in [4.78, 5) is 12.6. The summed E-state index contributed by atoms with van der Waals surface area (Å²) >= 11 is 0. The molecule has 6 heteroatoms. The molecule has 1 aromatic heterocycles. The average molecular weight is 469 g/mol. The summed E-state index contributed by atoms with van der Waals surface area (Å²) in [6.07, 6.45) is 0.719. The normalized spacial score (nSPS) is 14.6. The molecule has 0 saturated carbocycles. The minimum absolute atomic E-state index is 0.0284. The van der Waals surface area contributed by atoms with Gasteiger partial charge in [0, 0.05) is 6.54 Å². The van der Waals surface area contributed by atoms with Crippen LogP contribution in [0.2, 0.25) is 0 Å². The molecule has 1 atom stereocenters. The summed E-state index contributed by atoms with van der Waals surface area (Å²) in [7, 11) is 0. The lowest BCUT2D eigenvalue weighted by Gasteiger charge is -2.27. The molecule has 1 aliphatic rings. The number of aromatic nitrogens is 2. The van der Waals surface area contributed by atoms with E-state index in [2.05, 4.69) is 89.0 Å². The highest BCUT2D eigenvalue weighted by Gasteiger charge is 2.27. The van der Waals surface area contributed by atoms with Gasteiger partial charge in [-0.15, -0.1) is 0 Å². The number of aryl methyl sites for hydroxylation is 2. The molecule has 3 aromatic carbocycles. The summed E-state index contributed by atoms with van der Waals surface area (Å²) in [5, 5.41) is 12.3. The molecule has 1 amide bonds. The number of ether oxygens (including phenoxy) is 1. The molecule has 4 aromatic rings. The van der Waals surface area contributed by atoms with Crippen LogP contribution in [0.15, 0.2) is 72.8 Å². The first-order valence-electron chi connectivity index (χ1n) is 12.2. The van der Waals surface area contributed by atoms with Crippen LogP contribution in [0.25, 0.3) is 11.0 Å². The van der Waals surface area contributed by atoms with Gasteiger partial charge in [-0.05, 0) is 43.5 Å². The van der Waals surface area contributed by atoms with Crippen LogP contribution in [0.1, 0.15) is 28.3 Å². The van der Waals surface area contributed by atoms with Crippen LogP contribution in [0.4, 0.5) is 0 Å². The third kappa shape index (κ3) is 4.93. The van der Waals surface area contributed by atoms with Gasteiger partial charge < -0.3 is 19.2 Å². The van der Waals surface area contributed by atoms with Crippen molar-refractivity contribution in [3.63, 3.8) is 0 Å². The molecule has 0 radical (unpaired) electrons. The highest BCUT2D eigenvalue weighted by Crippen LogP contribution is 2.22. The smallest absolute Gasteiger partial charge is 0.227 e. The van der Waals surface area contributed by atoms with Gasteiger partial charge in [-0.25, -0.2) is 0 Å². The molecule has 2 heterocycles. The number of benzene rings is 3. The van der Waals surface area contributed by atoms with Crippen molar-refractivity contribution >= 4 is 16.9 Å². The van der Waals surface area contributed by atoms with Crippen LogP contribution in [-0.4, -0.2) is 34.8 Å². The summed E-state index contributed by atoms with van der Waals surface area (Å²) in [5.74, 6) is -0.0425. The van der Waals surface area contributed by atoms with Gasteiger partial charge in [0.25, 0.3) is 0 Å². The second kappa shape index (κ2) is 9.92. The van der Waals surface area contributed by atoms with E-state index in [1.807, 2.05) is 12.1 Å². The predicted molar refractivity (Wildman–Crippen MR) is 137 cm³/mol. The topological polar surface area (TPSA) is 72.0 Å². The van der Waals surface area contributed by atoms with E-state index in [1.165, 1.54) is 16.7 Å². The lowest BCUT2D eigenvalue weighted by atomic mass is 10.0. The van der Waals surface area contributed by atoms with Gasteiger partial charge in [-0.3, -0.25) is 10.2 Å². The Balaban J connectivity index is 1.53. The maximum Gasteiger partial charge on any atom is 0.227 e. The summed E-state index contributed by atoms with van der Waals surface area (Å²) in [5.41, 5.74) is 7.23. The Morgan fingerprint density at radius 2 is 1.54 bits per heavy atom. The number of carbonyl (C=O) groups excluding carboxylic acids is 1. The van der Waals surface area contributed by atoms with Crippen molar-refractivity contribution in [3.05, 3.63) is 101 Å².